The van der Waals surface area contributed by atoms with Crippen molar-refractivity contribution in [2.75, 3.05) is 13.1 Å². The fourth-order valence-corrected chi connectivity index (χ4v) is 4.17. The Labute approximate surface area is 136 Å². The van der Waals surface area contributed by atoms with Gasteiger partial charge in [-0.1, -0.05) is 11.6 Å². The van der Waals surface area contributed by atoms with Gasteiger partial charge < -0.3 is 5.11 Å². The summed E-state index contributed by atoms with van der Waals surface area (Å²) >= 11 is 5.86. The molecule has 1 N–H and O–H groups in total. The third-order valence-corrected chi connectivity index (χ3v) is 5.97. The Morgan fingerprint density at radius 1 is 1.26 bits per heavy atom. The molecule has 1 fully saturated rings. The number of alkyl halides is 2. The van der Waals surface area contributed by atoms with E-state index in [1.807, 2.05) is 0 Å². The summed E-state index contributed by atoms with van der Waals surface area (Å²) in [6, 6.07) is 4.52. The lowest BCUT2D eigenvalue weighted by molar-refractivity contribution is -0.0412. The number of nitrogens with zero attached hydrogens (tertiary/aromatic N) is 2. The first-order chi connectivity index (χ1) is 10.7. The Kier molecular flexibility index (Phi) is 3.94. The van der Waals surface area contributed by atoms with E-state index in [1.165, 1.54) is 6.07 Å². The molecule has 9 heteroatoms. The summed E-state index contributed by atoms with van der Waals surface area (Å²) in [4.78, 5) is 3.60. The number of pyridine rings is 1. The number of fused-ring (bicyclic) bond motifs is 1. The van der Waals surface area contributed by atoms with Crippen molar-refractivity contribution in [2.45, 2.75) is 23.7 Å². The van der Waals surface area contributed by atoms with Crippen LogP contribution in [0.15, 0.2) is 29.3 Å². The molecule has 1 aromatic heterocycles. The number of hydrogen-bond acceptors (Lipinski definition) is 4. The van der Waals surface area contributed by atoms with Crippen LogP contribution in [0.4, 0.5) is 8.78 Å². The lowest BCUT2D eigenvalue weighted by Gasteiger charge is -2.31. The van der Waals surface area contributed by atoms with Crippen LogP contribution in [-0.2, 0) is 10.0 Å². The van der Waals surface area contributed by atoms with Crippen LogP contribution < -0.4 is 0 Å². The van der Waals surface area contributed by atoms with Crippen molar-refractivity contribution in [2.24, 2.45) is 0 Å². The molecule has 0 atom stereocenters. The van der Waals surface area contributed by atoms with E-state index in [0.29, 0.717) is 10.5 Å². The Morgan fingerprint density at radius 2 is 1.91 bits per heavy atom. The van der Waals surface area contributed by atoms with E-state index < -0.39 is 39.4 Å². The van der Waals surface area contributed by atoms with Gasteiger partial charge in [0.25, 0.3) is 5.92 Å². The Hall–Kier alpha value is -1.51. The normalized spacial score (nSPS) is 19.1. The number of sulfonamides is 1. The second kappa shape index (κ2) is 5.54. The maximum absolute atomic E-state index is 13.2. The molecule has 0 saturated carbocycles. The van der Waals surface area contributed by atoms with Crippen molar-refractivity contribution in [1.82, 2.24) is 9.29 Å². The topological polar surface area (TPSA) is 70.5 Å². The van der Waals surface area contributed by atoms with Crippen molar-refractivity contribution in [3.8, 4) is 5.75 Å². The van der Waals surface area contributed by atoms with Gasteiger partial charge in [-0.2, -0.15) is 4.31 Å². The molecule has 3 rings (SSSR count). The van der Waals surface area contributed by atoms with Crippen molar-refractivity contribution >= 4 is 32.5 Å². The van der Waals surface area contributed by atoms with Crippen molar-refractivity contribution < 1.29 is 22.3 Å². The van der Waals surface area contributed by atoms with Gasteiger partial charge in [0.15, 0.2) is 0 Å². The maximum Gasteiger partial charge on any atom is 0.250 e. The van der Waals surface area contributed by atoms with Crippen molar-refractivity contribution in [3.05, 3.63) is 29.4 Å². The summed E-state index contributed by atoms with van der Waals surface area (Å²) in [5.41, 5.74) is 0.385. The molecule has 5 nitrogen and oxygen atoms in total. The Morgan fingerprint density at radius 3 is 2.57 bits per heavy atom. The van der Waals surface area contributed by atoms with Crippen LogP contribution in [0.25, 0.3) is 10.9 Å². The van der Waals surface area contributed by atoms with Gasteiger partial charge in [0.2, 0.25) is 10.0 Å². The molecular weight excluding hydrogens is 350 g/mol. The Balaban J connectivity index is 2.04. The second-order valence-corrected chi connectivity index (χ2v) is 7.74. The zero-order valence-electron chi connectivity index (χ0n) is 11.8. The molecular formula is C14H13ClF2N2O3S. The van der Waals surface area contributed by atoms with E-state index in [4.69, 9.17) is 11.6 Å². The van der Waals surface area contributed by atoms with Crippen LogP contribution in [-0.4, -0.2) is 41.8 Å². The summed E-state index contributed by atoms with van der Waals surface area (Å²) < 4.78 is 52.5. The highest BCUT2D eigenvalue weighted by atomic mass is 35.5. The minimum Gasteiger partial charge on any atom is -0.506 e. The van der Waals surface area contributed by atoms with E-state index in [9.17, 15) is 22.3 Å². The quantitative estimate of drug-likeness (QED) is 0.891. The van der Waals surface area contributed by atoms with Crippen LogP contribution in [0.3, 0.4) is 0 Å². The minimum absolute atomic E-state index is 0.195. The van der Waals surface area contributed by atoms with E-state index in [2.05, 4.69) is 4.98 Å². The zero-order chi connectivity index (χ0) is 16.8. The molecule has 1 aliphatic heterocycles. The van der Waals surface area contributed by atoms with Crippen molar-refractivity contribution in [3.63, 3.8) is 0 Å². The number of halogens is 3. The standard InChI is InChI=1S/C14H13ClF2N2O3S/c15-9-1-2-11-10(7-9)13(20)12(8-18-11)23(21,22)19-5-3-14(16,17)4-6-19/h1-2,7-8H,3-6H2,(H,18,20). The number of aromatic hydroxyl groups is 1. The smallest absolute Gasteiger partial charge is 0.250 e. The highest BCUT2D eigenvalue weighted by Gasteiger charge is 2.39. The third kappa shape index (κ3) is 2.98. The number of rotatable bonds is 2. The summed E-state index contributed by atoms with van der Waals surface area (Å²) in [5.74, 6) is -3.33. The second-order valence-electron chi connectivity index (χ2n) is 5.39. The first-order valence-electron chi connectivity index (χ1n) is 6.86. The summed E-state index contributed by atoms with van der Waals surface area (Å²) in [5, 5.41) is 10.8. The lowest BCUT2D eigenvalue weighted by atomic mass is 10.1. The first-order valence-corrected chi connectivity index (χ1v) is 8.68. The van der Waals surface area contributed by atoms with E-state index >= 15 is 0 Å². The van der Waals surface area contributed by atoms with Crippen LogP contribution in [0.1, 0.15) is 12.8 Å². The van der Waals surface area contributed by atoms with Gasteiger partial charge in [0.1, 0.15) is 10.6 Å². The summed E-state index contributed by atoms with van der Waals surface area (Å²) in [7, 11) is -4.10. The highest BCUT2D eigenvalue weighted by molar-refractivity contribution is 7.89. The van der Waals surface area contributed by atoms with Gasteiger partial charge in [0, 0.05) is 36.3 Å². The lowest BCUT2D eigenvalue weighted by Crippen LogP contribution is -2.42. The van der Waals surface area contributed by atoms with Gasteiger partial charge in [-0.25, -0.2) is 17.2 Å². The molecule has 0 aliphatic carbocycles. The molecule has 0 amide bonds. The van der Waals surface area contributed by atoms with Gasteiger partial charge in [0.05, 0.1) is 11.7 Å². The molecule has 2 heterocycles. The molecule has 0 bridgehead atoms. The van der Waals surface area contributed by atoms with Crippen LogP contribution >= 0.6 is 11.6 Å². The monoisotopic (exact) mass is 362 g/mol. The maximum atomic E-state index is 13.2. The van der Waals surface area contributed by atoms with Crippen LogP contribution in [0.5, 0.6) is 5.75 Å². The SMILES string of the molecule is O=S(=O)(c1cnc2ccc(Cl)cc2c1O)N1CCC(F)(F)CC1. The van der Waals surface area contributed by atoms with E-state index in [1.54, 1.807) is 12.1 Å². The average molecular weight is 363 g/mol. The predicted molar refractivity (Wildman–Crippen MR) is 81.4 cm³/mol. The van der Waals surface area contributed by atoms with Gasteiger partial charge in [-0.15, -0.1) is 0 Å². The van der Waals surface area contributed by atoms with Gasteiger partial charge in [-0.05, 0) is 18.2 Å². The highest BCUT2D eigenvalue weighted by Crippen LogP contribution is 2.36. The molecule has 124 valence electrons. The molecule has 2 aromatic rings. The average Bonchev–Trinajstić information content (AvgIpc) is 2.47. The zero-order valence-corrected chi connectivity index (χ0v) is 13.4. The van der Waals surface area contributed by atoms with Crippen LogP contribution in [0.2, 0.25) is 5.02 Å². The van der Waals surface area contributed by atoms with Crippen LogP contribution in [0, 0.1) is 0 Å². The molecule has 0 unspecified atom stereocenters. The number of aromatic nitrogens is 1. The Bertz CT molecular complexity index is 864. The predicted octanol–water partition coefficient (Wildman–Crippen LogP) is 3.01. The van der Waals surface area contributed by atoms with E-state index in [0.717, 1.165) is 10.5 Å². The fraction of sp³-hybridized carbons (Fsp3) is 0.357. The fourth-order valence-electron chi connectivity index (χ4n) is 2.51. The van der Waals surface area contributed by atoms with E-state index in [-0.39, 0.29) is 18.5 Å². The van der Waals surface area contributed by atoms with Gasteiger partial charge >= 0.3 is 0 Å². The van der Waals surface area contributed by atoms with Crippen molar-refractivity contribution in [1.29, 1.82) is 0 Å². The number of hydrogen-bond donors (Lipinski definition) is 1. The summed E-state index contributed by atoms with van der Waals surface area (Å²) in [6.07, 6.45) is -0.0483. The molecule has 1 aliphatic rings. The molecule has 23 heavy (non-hydrogen) atoms. The number of benzene rings is 1. The first kappa shape index (κ1) is 16.4. The largest absolute Gasteiger partial charge is 0.506 e. The molecule has 1 saturated heterocycles. The molecule has 1 aromatic carbocycles. The summed E-state index contributed by atoms with van der Waals surface area (Å²) in [6.45, 7) is -0.606. The third-order valence-electron chi connectivity index (χ3n) is 3.84. The minimum atomic E-state index is -4.10. The molecule has 0 radical (unpaired) electrons. The molecule has 0 spiro atoms. The van der Waals surface area contributed by atoms with Gasteiger partial charge in [-0.3, -0.25) is 4.98 Å². The number of piperidine rings is 1.